The van der Waals surface area contributed by atoms with E-state index in [4.69, 9.17) is 9.53 Å². The first-order valence-electron chi connectivity index (χ1n) is 10.7. The second kappa shape index (κ2) is 11.1. The number of aldehydes is 1. The van der Waals surface area contributed by atoms with Crippen molar-refractivity contribution in [1.82, 2.24) is 4.90 Å². The highest BCUT2D eigenvalue weighted by molar-refractivity contribution is 5.80. The maximum Gasteiger partial charge on any atom is 0.446 e. The molecule has 1 N–H and O–H groups in total. The molecule has 3 aliphatic heterocycles. The molecule has 172 valence electrons. The SMILES string of the molecule is O=C(O[C@H]1CN2CCC1CC2)[C@@H](Cc1ccccc1)Nc1ccccc1.O=CC(F)(F)F. The standard InChI is InChI=1S/C22H26N2O2.C2HF3O/c25-22(26-21-16-24-13-11-18(21)12-14-24)20(15-17-7-3-1-4-8-17)23-19-9-5-2-6-10-19;3-2(4,5)1-6/h1-10,18,20-21,23H,11-16H2;1H/t20-,21+;/m1./s1. The molecule has 0 amide bonds. The summed E-state index contributed by atoms with van der Waals surface area (Å²) in [5.41, 5.74) is 2.08. The normalized spacial score (nSPS) is 22.8. The second-order valence-corrected chi connectivity index (χ2v) is 8.03. The van der Waals surface area contributed by atoms with Crippen molar-refractivity contribution in [3.63, 3.8) is 0 Å². The first kappa shape index (κ1) is 23.8. The van der Waals surface area contributed by atoms with Crippen molar-refractivity contribution in [2.24, 2.45) is 5.92 Å². The second-order valence-electron chi connectivity index (χ2n) is 8.03. The fraction of sp³-hybridized carbons (Fsp3) is 0.417. The van der Waals surface area contributed by atoms with Crippen LogP contribution < -0.4 is 5.32 Å². The number of carbonyl (C=O) groups is 2. The van der Waals surface area contributed by atoms with Gasteiger partial charge in [0.1, 0.15) is 12.1 Å². The maximum atomic E-state index is 13.0. The van der Waals surface area contributed by atoms with Gasteiger partial charge in [0, 0.05) is 18.7 Å². The number of halogens is 3. The van der Waals surface area contributed by atoms with Gasteiger partial charge in [-0.2, -0.15) is 13.2 Å². The molecule has 0 radical (unpaired) electrons. The molecule has 3 saturated heterocycles. The molecule has 0 aromatic heterocycles. The summed E-state index contributed by atoms with van der Waals surface area (Å²) in [5, 5.41) is 3.37. The molecular weight excluding hydrogens is 421 g/mol. The largest absolute Gasteiger partial charge is 0.459 e. The van der Waals surface area contributed by atoms with Crippen molar-refractivity contribution in [3.8, 4) is 0 Å². The number of hydrogen-bond donors (Lipinski definition) is 1. The number of fused-ring (bicyclic) bond motifs is 3. The van der Waals surface area contributed by atoms with Crippen LogP contribution in [-0.2, 0) is 20.7 Å². The molecule has 0 saturated carbocycles. The minimum atomic E-state index is -4.64. The maximum absolute atomic E-state index is 13.0. The summed E-state index contributed by atoms with van der Waals surface area (Å²) in [7, 11) is 0. The van der Waals surface area contributed by atoms with Gasteiger partial charge in [0.25, 0.3) is 0 Å². The number of nitrogens with zero attached hydrogens (tertiary/aromatic N) is 1. The van der Waals surface area contributed by atoms with E-state index >= 15 is 0 Å². The van der Waals surface area contributed by atoms with Gasteiger partial charge in [-0.1, -0.05) is 48.5 Å². The van der Waals surface area contributed by atoms with Crippen LogP contribution in [-0.4, -0.2) is 55.1 Å². The van der Waals surface area contributed by atoms with Gasteiger partial charge >= 0.3 is 12.1 Å². The predicted octanol–water partition coefficient (Wildman–Crippen LogP) is 4.09. The Kier molecular flexibility index (Phi) is 8.27. The average molecular weight is 448 g/mol. The monoisotopic (exact) mass is 448 g/mol. The van der Waals surface area contributed by atoms with Crippen LogP contribution in [0.1, 0.15) is 18.4 Å². The summed E-state index contributed by atoms with van der Waals surface area (Å²) in [5.74, 6) is 0.384. The third-order valence-electron chi connectivity index (χ3n) is 5.68. The molecule has 2 bridgehead atoms. The summed E-state index contributed by atoms with van der Waals surface area (Å²) >= 11 is 0. The van der Waals surface area contributed by atoms with Crippen molar-refractivity contribution >= 4 is 17.9 Å². The van der Waals surface area contributed by atoms with Crippen LogP contribution in [0, 0.1) is 5.92 Å². The lowest BCUT2D eigenvalue weighted by atomic mass is 9.86. The molecule has 0 aliphatic carbocycles. The number of esters is 1. The smallest absolute Gasteiger partial charge is 0.446 e. The molecule has 32 heavy (non-hydrogen) atoms. The minimum Gasteiger partial charge on any atom is -0.459 e. The molecule has 0 spiro atoms. The van der Waals surface area contributed by atoms with E-state index in [-0.39, 0.29) is 18.1 Å². The molecule has 3 aliphatic rings. The molecule has 2 aromatic rings. The minimum absolute atomic E-state index is 0.0425. The van der Waals surface area contributed by atoms with Crippen molar-refractivity contribution in [2.75, 3.05) is 25.0 Å². The van der Waals surface area contributed by atoms with Crippen molar-refractivity contribution < 1.29 is 27.5 Å². The molecule has 8 heteroatoms. The van der Waals surface area contributed by atoms with E-state index in [1.54, 1.807) is 0 Å². The number of ether oxygens (including phenoxy) is 1. The van der Waals surface area contributed by atoms with E-state index in [0.717, 1.165) is 43.7 Å². The number of rotatable bonds is 6. The van der Waals surface area contributed by atoms with Crippen LogP contribution in [0.15, 0.2) is 60.7 Å². The summed E-state index contributed by atoms with van der Waals surface area (Å²) < 4.78 is 37.2. The molecule has 0 unspecified atom stereocenters. The number of carbonyl (C=O) groups excluding carboxylic acids is 2. The summed E-state index contributed by atoms with van der Waals surface area (Å²) in [6, 6.07) is 19.6. The van der Waals surface area contributed by atoms with Crippen LogP contribution in [0.5, 0.6) is 0 Å². The van der Waals surface area contributed by atoms with E-state index in [1.165, 1.54) is 0 Å². The Labute approximate surface area is 185 Å². The molecule has 5 nitrogen and oxygen atoms in total. The van der Waals surface area contributed by atoms with Gasteiger partial charge < -0.3 is 10.1 Å². The van der Waals surface area contributed by atoms with Gasteiger partial charge in [-0.25, -0.2) is 4.79 Å². The number of hydrogen-bond acceptors (Lipinski definition) is 5. The highest BCUT2D eigenvalue weighted by atomic mass is 19.4. The lowest BCUT2D eigenvalue weighted by Gasteiger charge is -2.44. The third-order valence-corrected chi connectivity index (χ3v) is 5.68. The lowest BCUT2D eigenvalue weighted by Crippen LogP contribution is -2.53. The Balaban J connectivity index is 0.000000427. The number of piperidine rings is 3. The van der Waals surface area contributed by atoms with E-state index < -0.39 is 12.5 Å². The Hall–Kier alpha value is -2.87. The molecule has 3 fully saturated rings. The first-order chi connectivity index (χ1) is 15.3. The van der Waals surface area contributed by atoms with E-state index in [9.17, 15) is 18.0 Å². The van der Waals surface area contributed by atoms with Crippen LogP contribution in [0.2, 0.25) is 0 Å². The number of para-hydroxylation sites is 1. The Morgan fingerprint density at radius 1 is 1.06 bits per heavy atom. The molecular formula is C24H27F3N2O3. The molecule has 5 rings (SSSR count). The van der Waals surface area contributed by atoms with E-state index in [2.05, 4.69) is 22.3 Å². The lowest BCUT2D eigenvalue weighted by molar-refractivity contribution is -0.159. The van der Waals surface area contributed by atoms with E-state index in [1.807, 2.05) is 48.5 Å². The highest BCUT2D eigenvalue weighted by Gasteiger charge is 2.37. The van der Waals surface area contributed by atoms with Crippen LogP contribution >= 0.6 is 0 Å². The van der Waals surface area contributed by atoms with Gasteiger partial charge in [-0.15, -0.1) is 0 Å². The molecule has 2 aromatic carbocycles. The van der Waals surface area contributed by atoms with Crippen LogP contribution in [0.4, 0.5) is 18.9 Å². The quantitative estimate of drug-likeness (QED) is 0.533. The van der Waals surface area contributed by atoms with Crippen molar-refractivity contribution in [2.45, 2.75) is 37.6 Å². The summed E-state index contributed by atoms with van der Waals surface area (Å²) in [4.78, 5) is 24.1. The zero-order chi connectivity index (χ0) is 23.0. The number of anilines is 1. The van der Waals surface area contributed by atoms with Crippen molar-refractivity contribution in [1.29, 1.82) is 0 Å². The topological polar surface area (TPSA) is 58.6 Å². The fourth-order valence-electron chi connectivity index (χ4n) is 4.05. The van der Waals surface area contributed by atoms with Gasteiger partial charge in [-0.3, -0.25) is 9.69 Å². The van der Waals surface area contributed by atoms with Gasteiger partial charge in [0.2, 0.25) is 6.29 Å². The Bertz CT molecular complexity index is 812. The van der Waals surface area contributed by atoms with Gasteiger partial charge in [-0.05, 0) is 49.5 Å². The summed E-state index contributed by atoms with van der Waals surface area (Å²) in [6.07, 6.45) is -2.75. The number of benzene rings is 2. The van der Waals surface area contributed by atoms with Crippen LogP contribution in [0.25, 0.3) is 0 Å². The Morgan fingerprint density at radius 3 is 2.12 bits per heavy atom. The fourth-order valence-corrected chi connectivity index (χ4v) is 4.05. The van der Waals surface area contributed by atoms with Crippen LogP contribution in [0.3, 0.4) is 0 Å². The van der Waals surface area contributed by atoms with Gasteiger partial charge in [0.15, 0.2) is 0 Å². The molecule has 2 atom stereocenters. The zero-order valence-corrected chi connectivity index (χ0v) is 17.6. The molecule has 3 heterocycles. The average Bonchev–Trinajstić information content (AvgIpc) is 2.81. The summed E-state index contributed by atoms with van der Waals surface area (Å²) in [6.45, 7) is 3.18. The predicted molar refractivity (Wildman–Crippen MR) is 115 cm³/mol. The Morgan fingerprint density at radius 2 is 1.62 bits per heavy atom. The number of alkyl halides is 3. The third kappa shape index (κ3) is 7.37. The number of nitrogens with one attached hydrogen (secondary N) is 1. The van der Waals surface area contributed by atoms with Crippen molar-refractivity contribution in [3.05, 3.63) is 66.2 Å². The van der Waals surface area contributed by atoms with Gasteiger partial charge in [0.05, 0.1) is 0 Å². The highest BCUT2D eigenvalue weighted by Crippen LogP contribution is 2.30. The van der Waals surface area contributed by atoms with E-state index in [0.29, 0.717) is 12.3 Å². The zero-order valence-electron chi connectivity index (χ0n) is 17.6. The first-order valence-corrected chi connectivity index (χ1v) is 10.7.